The quantitative estimate of drug-likeness (QED) is 0.518. The van der Waals surface area contributed by atoms with E-state index in [0.717, 1.165) is 22.6 Å². The number of ether oxygens (including phenoxy) is 1. The predicted octanol–water partition coefficient (Wildman–Crippen LogP) is 3.78. The van der Waals surface area contributed by atoms with Crippen LogP contribution < -0.4 is 10.1 Å². The van der Waals surface area contributed by atoms with Crippen molar-refractivity contribution in [3.8, 4) is 22.8 Å². The topological polar surface area (TPSA) is 82.7 Å². The minimum Gasteiger partial charge on any atom is -0.495 e. The summed E-state index contributed by atoms with van der Waals surface area (Å²) in [4.78, 5) is 12.8. The highest BCUT2D eigenvalue weighted by Crippen LogP contribution is 2.29. The van der Waals surface area contributed by atoms with E-state index in [4.69, 9.17) is 16.3 Å². The number of anilines is 2. The van der Waals surface area contributed by atoms with Crippen LogP contribution in [0.2, 0.25) is 5.15 Å². The Morgan fingerprint density at radius 1 is 1.14 bits per heavy atom. The summed E-state index contributed by atoms with van der Waals surface area (Å²) in [7, 11) is 3.46. The van der Waals surface area contributed by atoms with Crippen LogP contribution in [0.5, 0.6) is 5.75 Å². The van der Waals surface area contributed by atoms with Crippen molar-refractivity contribution in [1.82, 2.24) is 29.3 Å². The van der Waals surface area contributed by atoms with Gasteiger partial charge in [0.25, 0.3) is 0 Å². The van der Waals surface area contributed by atoms with Gasteiger partial charge in [-0.1, -0.05) is 11.6 Å². The summed E-state index contributed by atoms with van der Waals surface area (Å²) in [5.41, 5.74) is 3.45. The molecule has 142 valence electrons. The number of nitrogens with zero attached hydrogens (tertiary/aromatic N) is 6. The summed E-state index contributed by atoms with van der Waals surface area (Å²) in [6, 6.07) is 9.36. The van der Waals surface area contributed by atoms with Crippen LogP contribution >= 0.6 is 11.6 Å². The lowest BCUT2D eigenvalue weighted by Gasteiger charge is -2.10. The number of imidazole rings is 1. The lowest BCUT2D eigenvalue weighted by atomic mass is 10.1. The van der Waals surface area contributed by atoms with Gasteiger partial charge in [-0.2, -0.15) is 4.98 Å². The van der Waals surface area contributed by atoms with Crippen LogP contribution in [0, 0.1) is 6.92 Å². The zero-order chi connectivity index (χ0) is 19.7. The molecule has 9 heteroatoms. The second kappa shape index (κ2) is 7.32. The molecule has 1 aromatic carbocycles. The molecule has 0 aliphatic heterocycles. The summed E-state index contributed by atoms with van der Waals surface area (Å²) in [6.07, 6.45) is 5.33. The third-order valence-corrected chi connectivity index (χ3v) is 4.38. The van der Waals surface area contributed by atoms with Crippen molar-refractivity contribution in [3.05, 3.63) is 59.9 Å². The predicted molar refractivity (Wildman–Crippen MR) is 107 cm³/mol. The van der Waals surface area contributed by atoms with Crippen LogP contribution in [0.3, 0.4) is 0 Å². The summed E-state index contributed by atoms with van der Waals surface area (Å²) in [6.45, 7) is 1.94. The van der Waals surface area contributed by atoms with Gasteiger partial charge in [-0.15, -0.1) is 5.10 Å². The zero-order valence-electron chi connectivity index (χ0n) is 15.6. The standard InChI is InChI=1S/C19H18ClN7O/c1-12-10-27(11-22-12)15-5-4-13(8-16(15)28-3)18-24-19(26(2)25-18)23-14-6-7-21-17(20)9-14/h4-11H,1-3H3,(H,21,23,24,25). The monoisotopic (exact) mass is 395 g/mol. The van der Waals surface area contributed by atoms with Crippen molar-refractivity contribution < 1.29 is 4.74 Å². The number of rotatable bonds is 5. The van der Waals surface area contributed by atoms with Gasteiger partial charge < -0.3 is 14.6 Å². The lowest BCUT2D eigenvalue weighted by Crippen LogP contribution is -2.00. The second-order valence-electron chi connectivity index (χ2n) is 6.18. The largest absolute Gasteiger partial charge is 0.495 e. The van der Waals surface area contributed by atoms with Gasteiger partial charge in [0.2, 0.25) is 5.95 Å². The Bertz CT molecular complexity index is 1140. The van der Waals surface area contributed by atoms with E-state index in [1.807, 2.05) is 49.0 Å². The highest BCUT2D eigenvalue weighted by atomic mass is 35.5. The number of pyridine rings is 1. The van der Waals surface area contributed by atoms with E-state index in [1.165, 1.54) is 0 Å². The molecule has 1 N–H and O–H groups in total. The van der Waals surface area contributed by atoms with E-state index in [0.29, 0.717) is 22.7 Å². The highest BCUT2D eigenvalue weighted by molar-refractivity contribution is 6.29. The molecule has 3 heterocycles. The number of benzene rings is 1. The van der Waals surface area contributed by atoms with Crippen LogP contribution in [-0.4, -0.2) is 36.4 Å². The Morgan fingerprint density at radius 2 is 2.00 bits per heavy atom. The van der Waals surface area contributed by atoms with Crippen molar-refractivity contribution in [2.45, 2.75) is 6.92 Å². The molecule has 0 saturated carbocycles. The molecule has 4 rings (SSSR count). The smallest absolute Gasteiger partial charge is 0.225 e. The number of aromatic nitrogens is 6. The average molecular weight is 396 g/mol. The van der Waals surface area contributed by atoms with Crippen molar-refractivity contribution in [2.75, 3.05) is 12.4 Å². The second-order valence-corrected chi connectivity index (χ2v) is 6.57. The van der Waals surface area contributed by atoms with E-state index >= 15 is 0 Å². The maximum Gasteiger partial charge on any atom is 0.225 e. The zero-order valence-corrected chi connectivity index (χ0v) is 16.3. The number of nitrogens with one attached hydrogen (secondary N) is 1. The van der Waals surface area contributed by atoms with Gasteiger partial charge in [-0.25, -0.2) is 14.6 Å². The van der Waals surface area contributed by atoms with Gasteiger partial charge in [0.15, 0.2) is 5.82 Å². The fourth-order valence-electron chi connectivity index (χ4n) is 2.81. The number of hydrogen-bond acceptors (Lipinski definition) is 6. The first-order valence-electron chi connectivity index (χ1n) is 8.52. The van der Waals surface area contributed by atoms with E-state index in [2.05, 4.69) is 25.4 Å². The maximum atomic E-state index is 5.94. The molecule has 8 nitrogen and oxygen atoms in total. The molecule has 0 radical (unpaired) electrons. The van der Waals surface area contributed by atoms with Gasteiger partial charge in [0.1, 0.15) is 10.9 Å². The Kier molecular flexibility index (Phi) is 4.70. The van der Waals surface area contributed by atoms with Gasteiger partial charge >= 0.3 is 0 Å². The molecule has 0 aliphatic rings. The molecule has 0 saturated heterocycles. The van der Waals surface area contributed by atoms with Crippen molar-refractivity contribution in [3.63, 3.8) is 0 Å². The van der Waals surface area contributed by atoms with E-state index in [-0.39, 0.29) is 0 Å². The number of hydrogen-bond donors (Lipinski definition) is 1. The van der Waals surface area contributed by atoms with Gasteiger partial charge in [-0.05, 0) is 37.3 Å². The first-order chi connectivity index (χ1) is 13.5. The van der Waals surface area contributed by atoms with E-state index in [9.17, 15) is 0 Å². The number of halogens is 1. The minimum absolute atomic E-state index is 0.405. The van der Waals surface area contributed by atoms with E-state index in [1.54, 1.807) is 30.4 Å². The maximum absolute atomic E-state index is 5.94. The molecule has 0 bridgehead atoms. The van der Waals surface area contributed by atoms with Crippen LogP contribution in [0.25, 0.3) is 17.1 Å². The summed E-state index contributed by atoms with van der Waals surface area (Å²) in [5.74, 6) is 1.88. The van der Waals surface area contributed by atoms with Crippen molar-refractivity contribution in [2.24, 2.45) is 7.05 Å². The first kappa shape index (κ1) is 18.0. The molecule has 0 unspecified atom stereocenters. The van der Waals surface area contributed by atoms with Crippen molar-refractivity contribution >= 4 is 23.2 Å². The Morgan fingerprint density at radius 3 is 2.71 bits per heavy atom. The van der Waals surface area contributed by atoms with Crippen LogP contribution in [0.4, 0.5) is 11.6 Å². The fourth-order valence-corrected chi connectivity index (χ4v) is 2.98. The Labute approximate surface area is 166 Å². The number of aryl methyl sites for hydroxylation is 2. The normalized spacial score (nSPS) is 10.9. The Hall–Kier alpha value is -3.39. The molecular weight excluding hydrogens is 378 g/mol. The van der Waals surface area contributed by atoms with Crippen LogP contribution in [-0.2, 0) is 7.05 Å². The average Bonchev–Trinajstić information content (AvgIpc) is 3.27. The summed E-state index contributed by atoms with van der Waals surface area (Å²) < 4.78 is 9.16. The Balaban J connectivity index is 1.66. The van der Waals surface area contributed by atoms with Crippen LogP contribution in [0.1, 0.15) is 5.69 Å². The molecule has 4 aromatic rings. The molecule has 0 spiro atoms. The highest BCUT2D eigenvalue weighted by Gasteiger charge is 2.13. The van der Waals surface area contributed by atoms with Crippen LogP contribution in [0.15, 0.2) is 49.1 Å². The van der Waals surface area contributed by atoms with E-state index < -0.39 is 0 Å². The molecule has 0 aliphatic carbocycles. The van der Waals surface area contributed by atoms with Gasteiger partial charge in [-0.3, -0.25) is 0 Å². The summed E-state index contributed by atoms with van der Waals surface area (Å²) in [5, 5.41) is 8.10. The third-order valence-electron chi connectivity index (χ3n) is 4.17. The third kappa shape index (κ3) is 3.54. The molecule has 28 heavy (non-hydrogen) atoms. The van der Waals surface area contributed by atoms with Gasteiger partial charge in [0.05, 0.1) is 24.8 Å². The molecular formula is C19H18ClN7O. The molecule has 0 amide bonds. The minimum atomic E-state index is 0.405. The fraction of sp³-hybridized carbons (Fsp3) is 0.158. The number of methoxy groups -OCH3 is 1. The SMILES string of the molecule is COc1cc(-c2nc(Nc3ccnc(Cl)c3)n(C)n2)ccc1-n1cnc(C)c1. The molecule has 0 atom stereocenters. The van der Waals surface area contributed by atoms with Crippen molar-refractivity contribution in [1.29, 1.82) is 0 Å². The molecule has 0 fully saturated rings. The lowest BCUT2D eigenvalue weighted by molar-refractivity contribution is 0.413. The summed E-state index contributed by atoms with van der Waals surface area (Å²) >= 11 is 5.94. The first-order valence-corrected chi connectivity index (χ1v) is 8.90. The van der Waals surface area contributed by atoms with Gasteiger partial charge in [0, 0.05) is 30.7 Å². The molecule has 3 aromatic heterocycles.